The van der Waals surface area contributed by atoms with Crippen LogP contribution in [0.5, 0.6) is 0 Å². The Morgan fingerprint density at radius 3 is 1.78 bits per heavy atom. The van der Waals surface area contributed by atoms with Crippen molar-refractivity contribution in [3.05, 3.63) is 170 Å². The first-order chi connectivity index (χ1) is 24.3. The van der Waals surface area contributed by atoms with Crippen molar-refractivity contribution in [2.45, 2.75) is 0 Å². The topological polar surface area (TPSA) is 9.86 Å². The third-order valence-corrected chi connectivity index (χ3v) is 11.5. The predicted molar refractivity (Wildman–Crippen MR) is 211 cm³/mol. The van der Waals surface area contributed by atoms with Gasteiger partial charge in [0.25, 0.3) is 0 Å². The van der Waals surface area contributed by atoms with Gasteiger partial charge in [-0.3, -0.25) is 0 Å². The maximum atomic E-state index is 2.47. The average molecular weight is 641 g/mol. The Morgan fingerprint density at radius 1 is 0.347 bits per heavy atom. The number of thiophene rings is 1. The van der Waals surface area contributed by atoms with E-state index in [4.69, 9.17) is 0 Å². The molecule has 0 aliphatic heterocycles. The smallest absolute Gasteiger partial charge is 0.0562 e. The molecule has 0 aliphatic rings. The van der Waals surface area contributed by atoms with E-state index in [-0.39, 0.29) is 0 Å². The molecule has 11 rings (SSSR count). The van der Waals surface area contributed by atoms with E-state index in [1.165, 1.54) is 91.4 Å². The summed E-state index contributed by atoms with van der Waals surface area (Å²) < 4.78 is 7.55. The fraction of sp³-hybridized carbons (Fsp3) is 0. The van der Waals surface area contributed by atoms with Crippen molar-refractivity contribution in [3.8, 4) is 22.5 Å². The largest absolute Gasteiger partial charge is 0.309 e. The van der Waals surface area contributed by atoms with Gasteiger partial charge in [0.05, 0.1) is 22.1 Å². The summed E-state index contributed by atoms with van der Waals surface area (Å²) in [6.07, 6.45) is 0. The number of nitrogens with zero attached hydrogens (tertiary/aromatic N) is 2. The summed E-state index contributed by atoms with van der Waals surface area (Å²) in [4.78, 5) is 0. The predicted octanol–water partition coefficient (Wildman–Crippen LogP) is 13.1. The minimum Gasteiger partial charge on any atom is -0.309 e. The Labute approximate surface area is 286 Å². The van der Waals surface area contributed by atoms with Crippen LogP contribution in [0.4, 0.5) is 0 Å². The summed E-state index contributed by atoms with van der Waals surface area (Å²) in [6.45, 7) is 0. The van der Waals surface area contributed by atoms with Crippen LogP contribution in [0.3, 0.4) is 0 Å². The number of aromatic nitrogens is 2. The highest BCUT2D eigenvalue weighted by atomic mass is 32.1. The lowest BCUT2D eigenvalue weighted by Gasteiger charge is -2.11. The molecule has 0 N–H and O–H groups in total. The fourth-order valence-corrected chi connectivity index (χ4v) is 9.30. The van der Waals surface area contributed by atoms with Crippen LogP contribution in [0, 0.1) is 0 Å². The van der Waals surface area contributed by atoms with E-state index in [9.17, 15) is 0 Å². The van der Waals surface area contributed by atoms with Gasteiger partial charge in [0.1, 0.15) is 0 Å². The Balaban J connectivity index is 1.19. The number of hydrogen-bond acceptors (Lipinski definition) is 1. The van der Waals surface area contributed by atoms with Gasteiger partial charge in [-0.15, -0.1) is 11.3 Å². The summed E-state index contributed by atoms with van der Waals surface area (Å²) in [5.74, 6) is 0. The second-order valence-corrected chi connectivity index (χ2v) is 14.0. The molecule has 3 heterocycles. The zero-order chi connectivity index (χ0) is 32.1. The first-order valence-corrected chi connectivity index (χ1v) is 17.6. The van der Waals surface area contributed by atoms with Crippen LogP contribution in [-0.4, -0.2) is 9.13 Å². The van der Waals surface area contributed by atoms with Crippen LogP contribution in [0.2, 0.25) is 0 Å². The van der Waals surface area contributed by atoms with Gasteiger partial charge in [0, 0.05) is 53.1 Å². The van der Waals surface area contributed by atoms with Crippen molar-refractivity contribution in [2.75, 3.05) is 0 Å². The molecule has 0 unspecified atom stereocenters. The molecule has 3 aromatic heterocycles. The van der Waals surface area contributed by atoms with Crippen molar-refractivity contribution in [3.63, 3.8) is 0 Å². The van der Waals surface area contributed by atoms with E-state index >= 15 is 0 Å². The third-order valence-electron chi connectivity index (χ3n) is 10.3. The highest BCUT2D eigenvalue weighted by Crippen LogP contribution is 2.42. The Kier molecular flexibility index (Phi) is 5.57. The normalized spacial score (nSPS) is 12.1. The van der Waals surface area contributed by atoms with E-state index in [2.05, 4.69) is 179 Å². The minimum absolute atomic E-state index is 1.16. The standard InChI is InChI=1S/C46H28N2S/c1-2-13-32(14-3-1)47-41-19-8-6-15-35(41)39-27-40-38-25-30-11-4-5-12-31(30)26-42(38)48(44(40)28-43(39)47)33-23-21-29(22-24-33)34-17-10-18-37-36-16-7-9-20-45(36)49-46(34)37/h1-28H. The summed E-state index contributed by atoms with van der Waals surface area (Å²) in [7, 11) is 0. The lowest BCUT2D eigenvalue weighted by molar-refractivity contribution is 1.17. The molecule has 0 spiro atoms. The summed E-state index contributed by atoms with van der Waals surface area (Å²) >= 11 is 1.88. The van der Waals surface area contributed by atoms with E-state index in [0.717, 1.165) is 5.69 Å². The highest BCUT2D eigenvalue weighted by Gasteiger charge is 2.19. The van der Waals surface area contributed by atoms with E-state index in [1.807, 2.05) is 11.3 Å². The molecular weight excluding hydrogens is 613 g/mol. The Morgan fingerprint density at radius 2 is 0.939 bits per heavy atom. The van der Waals surface area contributed by atoms with Crippen LogP contribution in [0.15, 0.2) is 170 Å². The van der Waals surface area contributed by atoms with Gasteiger partial charge in [-0.1, -0.05) is 109 Å². The van der Waals surface area contributed by atoms with Gasteiger partial charge < -0.3 is 9.13 Å². The molecule has 49 heavy (non-hydrogen) atoms. The molecular formula is C46H28N2S. The Bertz CT molecular complexity index is 3090. The second kappa shape index (κ2) is 10.2. The fourth-order valence-electron chi connectivity index (χ4n) is 8.06. The first-order valence-electron chi connectivity index (χ1n) is 16.8. The quantitative estimate of drug-likeness (QED) is 0.182. The van der Waals surface area contributed by atoms with E-state index < -0.39 is 0 Å². The molecule has 0 atom stereocenters. The molecule has 0 fully saturated rings. The molecule has 0 bridgehead atoms. The zero-order valence-electron chi connectivity index (χ0n) is 26.5. The molecule has 11 aromatic rings. The van der Waals surface area contributed by atoms with Crippen LogP contribution in [0.25, 0.3) is 97.1 Å². The van der Waals surface area contributed by atoms with Crippen molar-refractivity contribution in [2.24, 2.45) is 0 Å². The minimum atomic E-state index is 1.16. The van der Waals surface area contributed by atoms with Crippen LogP contribution < -0.4 is 0 Å². The number of rotatable bonds is 3. The number of benzene rings is 8. The van der Waals surface area contributed by atoms with Crippen LogP contribution in [0.1, 0.15) is 0 Å². The molecule has 2 nitrogen and oxygen atoms in total. The monoisotopic (exact) mass is 640 g/mol. The van der Waals surface area contributed by atoms with Crippen molar-refractivity contribution in [1.29, 1.82) is 0 Å². The van der Waals surface area contributed by atoms with Gasteiger partial charge in [-0.2, -0.15) is 0 Å². The first kappa shape index (κ1) is 26.9. The molecule has 0 saturated carbocycles. The van der Waals surface area contributed by atoms with Crippen molar-refractivity contribution in [1.82, 2.24) is 9.13 Å². The SMILES string of the molecule is c1ccc(-n2c3ccccc3c3cc4c5cc6ccccc6cc5n(-c5ccc(-c6cccc7c6sc6ccccc67)cc5)c4cc32)cc1. The molecule has 0 amide bonds. The summed E-state index contributed by atoms with van der Waals surface area (Å²) in [6, 6.07) is 62.5. The maximum Gasteiger partial charge on any atom is 0.0562 e. The number of para-hydroxylation sites is 2. The number of fused-ring (bicyclic) bond motifs is 10. The van der Waals surface area contributed by atoms with E-state index in [0.29, 0.717) is 0 Å². The molecule has 0 aliphatic carbocycles. The van der Waals surface area contributed by atoms with Crippen LogP contribution >= 0.6 is 11.3 Å². The highest BCUT2D eigenvalue weighted by molar-refractivity contribution is 7.26. The zero-order valence-corrected chi connectivity index (χ0v) is 27.3. The lowest BCUT2D eigenvalue weighted by atomic mass is 10.0. The third kappa shape index (κ3) is 3.88. The maximum absolute atomic E-state index is 2.47. The van der Waals surface area contributed by atoms with Crippen LogP contribution in [-0.2, 0) is 0 Å². The van der Waals surface area contributed by atoms with Gasteiger partial charge in [-0.25, -0.2) is 0 Å². The van der Waals surface area contributed by atoms with Crippen molar-refractivity contribution < 1.29 is 0 Å². The molecule has 228 valence electrons. The van der Waals surface area contributed by atoms with Gasteiger partial charge in [-0.05, 0) is 82.6 Å². The second-order valence-electron chi connectivity index (χ2n) is 13.0. The average Bonchev–Trinajstić information content (AvgIpc) is 3.80. The van der Waals surface area contributed by atoms with Gasteiger partial charge in [0.2, 0.25) is 0 Å². The lowest BCUT2D eigenvalue weighted by Crippen LogP contribution is -1.96. The molecule has 3 heteroatoms. The van der Waals surface area contributed by atoms with Gasteiger partial charge in [0.15, 0.2) is 0 Å². The molecule has 8 aromatic carbocycles. The number of hydrogen-bond donors (Lipinski definition) is 0. The summed E-state index contributed by atoms with van der Waals surface area (Å²) in [5, 5.41) is 10.2. The van der Waals surface area contributed by atoms with E-state index in [1.54, 1.807) is 0 Å². The molecule has 0 saturated heterocycles. The molecule has 0 radical (unpaired) electrons. The summed E-state index contributed by atoms with van der Waals surface area (Å²) in [5.41, 5.74) is 9.70. The van der Waals surface area contributed by atoms with Gasteiger partial charge >= 0.3 is 0 Å². The van der Waals surface area contributed by atoms with Crippen molar-refractivity contribution >= 4 is 85.9 Å². The Hall–Kier alpha value is -6.16.